The summed E-state index contributed by atoms with van der Waals surface area (Å²) in [7, 11) is 0. The monoisotopic (exact) mass is 307 g/mol. The molecular formula is C11H23O2Sn. The molecule has 3 heteroatoms. The van der Waals surface area contributed by atoms with Crippen molar-refractivity contribution in [3.63, 3.8) is 0 Å². The van der Waals surface area contributed by atoms with Crippen molar-refractivity contribution < 1.29 is 9.90 Å². The van der Waals surface area contributed by atoms with Gasteiger partial charge in [0.25, 0.3) is 0 Å². The van der Waals surface area contributed by atoms with Crippen LogP contribution >= 0.6 is 0 Å². The number of unbranched alkanes of at least 4 members (excludes halogenated alkanes) is 6. The quantitative estimate of drug-likeness (QED) is 0.551. The van der Waals surface area contributed by atoms with Crippen molar-refractivity contribution in [2.24, 2.45) is 0 Å². The van der Waals surface area contributed by atoms with E-state index in [1.165, 1.54) is 32.1 Å². The van der Waals surface area contributed by atoms with E-state index in [0.29, 0.717) is 6.42 Å². The van der Waals surface area contributed by atoms with Crippen molar-refractivity contribution >= 4 is 28.5 Å². The predicted octanol–water partition coefficient (Wildman–Crippen LogP) is 3.41. The first kappa shape index (κ1) is 16.7. The van der Waals surface area contributed by atoms with Crippen molar-refractivity contribution in [3.8, 4) is 0 Å². The normalized spacial score (nSPS) is 9.07. The van der Waals surface area contributed by atoms with Crippen molar-refractivity contribution in [2.75, 3.05) is 0 Å². The van der Waals surface area contributed by atoms with Crippen LogP contribution in [0.1, 0.15) is 58.3 Å². The van der Waals surface area contributed by atoms with Crippen LogP contribution < -0.4 is 0 Å². The molecule has 1 N–H and O–H groups in total. The molecule has 0 aromatic carbocycles. The molecule has 0 heterocycles. The van der Waals surface area contributed by atoms with Gasteiger partial charge in [-0.3, -0.25) is 4.79 Å². The molecule has 0 aliphatic heterocycles. The van der Waals surface area contributed by atoms with Crippen LogP contribution in [-0.2, 0) is 4.79 Å². The molecule has 0 spiro atoms. The Hall–Kier alpha value is 0.269. The van der Waals surface area contributed by atoms with Crippen molar-refractivity contribution in [1.82, 2.24) is 0 Å². The van der Waals surface area contributed by atoms with Crippen LogP contribution in [0.5, 0.6) is 0 Å². The number of aliphatic carboxylic acids is 1. The van der Waals surface area contributed by atoms with Crippen LogP contribution in [0.3, 0.4) is 0 Å². The number of carbonyl (C=O) groups is 1. The second kappa shape index (κ2) is 15.7. The van der Waals surface area contributed by atoms with E-state index in [-0.39, 0.29) is 0 Å². The first-order valence-corrected chi connectivity index (χ1v) is 8.34. The van der Waals surface area contributed by atoms with E-state index in [1.807, 2.05) is 0 Å². The molecule has 14 heavy (non-hydrogen) atoms. The van der Waals surface area contributed by atoms with E-state index in [1.54, 1.807) is 22.5 Å². The van der Waals surface area contributed by atoms with E-state index < -0.39 is 5.97 Å². The van der Waals surface area contributed by atoms with Gasteiger partial charge < -0.3 is 5.11 Å². The first-order valence-electron chi connectivity index (χ1n) is 5.49. The predicted molar refractivity (Wildman–Crippen MR) is 61.9 cm³/mol. The van der Waals surface area contributed by atoms with Gasteiger partial charge in [-0.1, -0.05) is 45.4 Å². The summed E-state index contributed by atoms with van der Waals surface area (Å²) in [5.74, 6) is -0.663. The van der Waals surface area contributed by atoms with Crippen molar-refractivity contribution in [2.45, 2.75) is 63.2 Å². The summed E-state index contributed by atoms with van der Waals surface area (Å²) in [6, 6.07) is 0. The average Bonchev–Trinajstić information content (AvgIpc) is 2.19. The molecule has 0 aliphatic rings. The Balaban J connectivity index is 0. The Morgan fingerprint density at radius 1 is 1.00 bits per heavy atom. The average molecular weight is 306 g/mol. The maximum atomic E-state index is 10.1. The number of rotatable bonds is 8. The van der Waals surface area contributed by atoms with Crippen LogP contribution in [-0.4, -0.2) is 33.6 Å². The zero-order valence-corrected chi connectivity index (χ0v) is 12.4. The van der Waals surface area contributed by atoms with Crippen molar-refractivity contribution in [3.05, 3.63) is 0 Å². The minimum absolute atomic E-state index is 0.341. The van der Waals surface area contributed by atoms with Gasteiger partial charge in [-0.25, -0.2) is 0 Å². The SMILES string of the molecule is CCCCCCCCCC(=O)O.[CH3][Sn]. The fourth-order valence-electron chi connectivity index (χ4n) is 1.23. The summed E-state index contributed by atoms with van der Waals surface area (Å²) in [6.07, 6.45) is 8.64. The van der Waals surface area contributed by atoms with E-state index in [9.17, 15) is 4.79 Å². The van der Waals surface area contributed by atoms with Crippen LogP contribution in [0, 0.1) is 0 Å². The molecule has 0 aromatic heterocycles. The summed E-state index contributed by atoms with van der Waals surface area (Å²) in [5, 5.41) is 8.35. The summed E-state index contributed by atoms with van der Waals surface area (Å²) < 4.78 is 0. The molecule has 0 atom stereocenters. The first-order chi connectivity index (χ1) is 6.77. The summed E-state index contributed by atoms with van der Waals surface area (Å²) in [4.78, 5) is 12.2. The summed E-state index contributed by atoms with van der Waals surface area (Å²) in [6.45, 7) is 2.20. The third kappa shape index (κ3) is 18.1. The second-order valence-electron chi connectivity index (χ2n) is 3.27. The van der Waals surface area contributed by atoms with E-state index in [2.05, 4.69) is 11.9 Å². The standard InChI is InChI=1S/C10H20O2.CH3.Sn/c1-2-3-4-5-6-7-8-9-10(11)12;;/h2-9H2,1H3,(H,11,12);1H3;. The zero-order chi connectivity index (χ0) is 11.2. The van der Waals surface area contributed by atoms with Gasteiger partial charge in [0.05, 0.1) is 0 Å². The number of hydrogen-bond acceptors (Lipinski definition) is 1. The third-order valence-corrected chi connectivity index (χ3v) is 1.99. The molecule has 0 saturated carbocycles. The number of carboxylic acid groups (broad SMARTS) is 1. The Bertz CT molecular complexity index is 116. The molecule has 0 unspecified atom stereocenters. The number of carboxylic acids is 1. The van der Waals surface area contributed by atoms with Gasteiger partial charge in [0, 0.05) is 6.42 Å². The van der Waals surface area contributed by atoms with Crippen LogP contribution in [0.25, 0.3) is 0 Å². The molecule has 2 nitrogen and oxygen atoms in total. The van der Waals surface area contributed by atoms with E-state index >= 15 is 0 Å². The van der Waals surface area contributed by atoms with Gasteiger partial charge in [0.1, 0.15) is 0 Å². The van der Waals surface area contributed by atoms with E-state index in [4.69, 9.17) is 5.11 Å². The number of hydrogen-bond donors (Lipinski definition) is 1. The molecule has 0 rings (SSSR count). The Kier molecular flexibility index (Phi) is 18.7. The minimum atomic E-state index is -0.663. The molecular weight excluding hydrogens is 283 g/mol. The van der Waals surface area contributed by atoms with Crippen LogP contribution in [0.15, 0.2) is 0 Å². The zero-order valence-electron chi connectivity index (χ0n) is 9.51. The molecule has 0 saturated heterocycles. The molecule has 0 fully saturated rings. The maximum absolute atomic E-state index is 10.1. The third-order valence-electron chi connectivity index (χ3n) is 1.99. The Labute approximate surface area is 102 Å². The van der Waals surface area contributed by atoms with E-state index in [0.717, 1.165) is 12.8 Å². The van der Waals surface area contributed by atoms with Gasteiger partial charge in [-0.05, 0) is 6.42 Å². The van der Waals surface area contributed by atoms with Gasteiger partial charge in [0.2, 0.25) is 0 Å². The molecule has 3 radical (unpaired) electrons. The Morgan fingerprint density at radius 3 is 1.86 bits per heavy atom. The fraction of sp³-hybridized carbons (Fsp3) is 0.909. The molecule has 0 aliphatic carbocycles. The second-order valence-corrected chi connectivity index (χ2v) is 3.27. The van der Waals surface area contributed by atoms with Gasteiger partial charge in [0.15, 0.2) is 0 Å². The van der Waals surface area contributed by atoms with Gasteiger partial charge >= 0.3 is 33.4 Å². The van der Waals surface area contributed by atoms with Crippen molar-refractivity contribution in [1.29, 1.82) is 0 Å². The summed E-state index contributed by atoms with van der Waals surface area (Å²) in [5.41, 5.74) is 0. The molecule has 0 amide bonds. The fourth-order valence-corrected chi connectivity index (χ4v) is 1.23. The van der Waals surface area contributed by atoms with Gasteiger partial charge in [-0.2, -0.15) is 0 Å². The summed E-state index contributed by atoms with van der Waals surface area (Å²) >= 11 is 1.55. The Morgan fingerprint density at radius 2 is 1.43 bits per heavy atom. The molecule has 0 aromatic rings. The topological polar surface area (TPSA) is 37.3 Å². The van der Waals surface area contributed by atoms with Gasteiger partial charge in [-0.15, -0.1) is 0 Å². The molecule has 83 valence electrons. The van der Waals surface area contributed by atoms with Crippen LogP contribution in [0.4, 0.5) is 0 Å². The van der Waals surface area contributed by atoms with Crippen LogP contribution in [0.2, 0.25) is 4.94 Å². The molecule has 0 bridgehead atoms.